The molecule has 1 saturated heterocycles. The Labute approximate surface area is 162 Å². The van der Waals surface area contributed by atoms with Crippen molar-refractivity contribution in [1.82, 2.24) is 9.21 Å². The second-order valence-corrected chi connectivity index (χ2v) is 8.39. The van der Waals surface area contributed by atoms with Gasteiger partial charge in [-0.15, -0.1) is 0 Å². The van der Waals surface area contributed by atoms with Crippen molar-refractivity contribution in [3.05, 3.63) is 71.0 Å². The molecule has 1 aliphatic rings. The van der Waals surface area contributed by atoms with Crippen molar-refractivity contribution in [3.8, 4) is 0 Å². The molecule has 1 heterocycles. The third kappa shape index (κ3) is 4.55. The second kappa shape index (κ2) is 8.21. The maximum Gasteiger partial charge on any atom is 0.246 e. The van der Waals surface area contributed by atoms with Crippen LogP contribution in [0.15, 0.2) is 59.5 Å². The summed E-state index contributed by atoms with van der Waals surface area (Å²) in [5.41, 5.74) is 0.611. The molecule has 5 nitrogen and oxygen atoms in total. The van der Waals surface area contributed by atoms with Crippen LogP contribution in [0.25, 0.3) is 6.08 Å². The van der Waals surface area contributed by atoms with Gasteiger partial charge in [0.15, 0.2) is 0 Å². The molecule has 0 saturated carbocycles. The molecule has 27 heavy (non-hydrogen) atoms. The maximum atomic E-state index is 13.2. The molecule has 0 aromatic heterocycles. The number of benzene rings is 2. The number of piperazine rings is 1. The van der Waals surface area contributed by atoms with Gasteiger partial charge in [0.2, 0.25) is 15.9 Å². The van der Waals surface area contributed by atoms with Crippen LogP contribution in [0, 0.1) is 5.82 Å². The molecular weight excluding hydrogens is 391 g/mol. The van der Waals surface area contributed by atoms with Crippen LogP contribution in [0.2, 0.25) is 5.02 Å². The maximum absolute atomic E-state index is 13.2. The minimum absolute atomic E-state index is 0.00988. The predicted octanol–water partition coefficient (Wildman–Crippen LogP) is 3.03. The molecule has 1 fully saturated rings. The molecule has 142 valence electrons. The van der Waals surface area contributed by atoms with Gasteiger partial charge in [-0.25, -0.2) is 12.8 Å². The molecule has 0 unspecified atom stereocenters. The standard InChI is InChI=1S/C19H18ClFN2O3S/c20-17-14-15(6-8-18(17)21)7-9-19(24)22-10-12-23(13-11-22)27(25,26)16-4-2-1-3-5-16/h1-9,14H,10-13H2/b9-7+. The Balaban J connectivity index is 1.61. The summed E-state index contributed by atoms with van der Waals surface area (Å²) in [4.78, 5) is 14.1. The molecule has 2 aromatic carbocycles. The zero-order chi connectivity index (χ0) is 19.4. The number of halogens is 2. The Hall–Kier alpha value is -2.22. The lowest BCUT2D eigenvalue weighted by Gasteiger charge is -2.33. The third-order valence-corrected chi connectivity index (χ3v) is 6.50. The third-order valence-electron chi connectivity index (χ3n) is 4.29. The summed E-state index contributed by atoms with van der Waals surface area (Å²) in [6, 6.07) is 12.4. The summed E-state index contributed by atoms with van der Waals surface area (Å²) in [6.45, 7) is 1.08. The molecule has 1 amide bonds. The molecule has 0 atom stereocenters. The Morgan fingerprint density at radius 2 is 1.70 bits per heavy atom. The topological polar surface area (TPSA) is 57.7 Å². The van der Waals surface area contributed by atoms with E-state index in [0.717, 1.165) is 0 Å². The highest BCUT2D eigenvalue weighted by atomic mass is 35.5. The lowest BCUT2D eigenvalue weighted by molar-refractivity contribution is -0.127. The van der Waals surface area contributed by atoms with Gasteiger partial charge in [-0.1, -0.05) is 35.9 Å². The quantitative estimate of drug-likeness (QED) is 0.731. The van der Waals surface area contributed by atoms with E-state index < -0.39 is 15.8 Å². The van der Waals surface area contributed by atoms with Crippen LogP contribution < -0.4 is 0 Å². The van der Waals surface area contributed by atoms with E-state index in [1.165, 1.54) is 28.6 Å². The van der Waals surface area contributed by atoms with E-state index in [4.69, 9.17) is 11.6 Å². The average molecular weight is 409 g/mol. The number of nitrogens with zero attached hydrogens (tertiary/aromatic N) is 2. The van der Waals surface area contributed by atoms with Gasteiger partial charge in [0, 0.05) is 32.3 Å². The van der Waals surface area contributed by atoms with Crippen molar-refractivity contribution in [2.24, 2.45) is 0 Å². The highest BCUT2D eigenvalue weighted by Gasteiger charge is 2.29. The van der Waals surface area contributed by atoms with Crippen molar-refractivity contribution < 1.29 is 17.6 Å². The number of amides is 1. The predicted molar refractivity (Wildman–Crippen MR) is 102 cm³/mol. The van der Waals surface area contributed by atoms with Gasteiger partial charge >= 0.3 is 0 Å². The lowest BCUT2D eigenvalue weighted by atomic mass is 10.2. The number of carbonyl (C=O) groups is 1. The SMILES string of the molecule is O=C(/C=C/c1ccc(F)c(Cl)c1)N1CCN(S(=O)(=O)c2ccccc2)CC1. The van der Waals surface area contributed by atoms with Gasteiger partial charge in [-0.2, -0.15) is 4.31 Å². The van der Waals surface area contributed by atoms with Gasteiger partial charge in [0.05, 0.1) is 9.92 Å². The summed E-state index contributed by atoms with van der Waals surface area (Å²) in [6.07, 6.45) is 2.94. The first kappa shape index (κ1) is 19.5. The summed E-state index contributed by atoms with van der Waals surface area (Å²) in [5, 5.41) is -0.00988. The summed E-state index contributed by atoms with van der Waals surface area (Å²) < 4.78 is 39.7. The van der Waals surface area contributed by atoms with Crippen molar-refractivity contribution in [3.63, 3.8) is 0 Å². The first-order chi connectivity index (χ1) is 12.9. The molecule has 0 N–H and O–H groups in total. The summed E-state index contributed by atoms with van der Waals surface area (Å²) in [7, 11) is -3.55. The fourth-order valence-corrected chi connectivity index (χ4v) is 4.41. The molecule has 0 bridgehead atoms. The molecular formula is C19H18ClFN2O3S. The number of sulfonamides is 1. The Morgan fingerprint density at radius 3 is 2.33 bits per heavy atom. The molecule has 0 radical (unpaired) electrons. The number of hydrogen-bond donors (Lipinski definition) is 0. The zero-order valence-corrected chi connectivity index (χ0v) is 16.0. The Kier molecular flexibility index (Phi) is 5.94. The Bertz CT molecular complexity index is 956. The van der Waals surface area contributed by atoms with Crippen LogP contribution >= 0.6 is 11.6 Å². The number of rotatable bonds is 4. The van der Waals surface area contributed by atoms with Gasteiger partial charge in [0.25, 0.3) is 0 Å². The van der Waals surface area contributed by atoms with E-state index in [9.17, 15) is 17.6 Å². The van der Waals surface area contributed by atoms with Gasteiger partial charge in [-0.3, -0.25) is 4.79 Å². The second-order valence-electron chi connectivity index (χ2n) is 6.05. The van der Waals surface area contributed by atoms with E-state index in [0.29, 0.717) is 18.7 Å². The minimum Gasteiger partial charge on any atom is -0.337 e. The Morgan fingerprint density at radius 1 is 1.04 bits per heavy atom. The van der Waals surface area contributed by atoms with Crippen LogP contribution in [0.3, 0.4) is 0 Å². The number of carbonyl (C=O) groups excluding carboxylic acids is 1. The minimum atomic E-state index is -3.55. The van der Waals surface area contributed by atoms with Crippen molar-refractivity contribution in [1.29, 1.82) is 0 Å². The molecule has 0 aliphatic carbocycles. The van der Waals surface area contributed by atoms with Crippen molar-refractivity contribution >= 4 is 33.6 Å². The number of hydrogen-bond acceptors (Lipinski definition) is 3. The normalized spacial score (nSPS) is 16.0. The van der Waals surface area contributed by atoms with Crippen molar-refractivity contribution in [2.45, 2.75) is 4.90 Å². The summed E-state index contributed by atoms with van der Waals surface area (Å²) in [5.74, 6) is -0.747. The largest absolute Gasteiger partial charge is 0.337 e. The van der Waals surface area contributed by atoms with Crippen LogP contribution in [0.1, 0.15) is 5.56 Å². The lowest BCUT2D eigenvalue weighted by Crippen LogP contribution is -2.50. The van der Waals surface area contributed by atoms with Crippen molar-refractivity contribution in [2.75, 3.05) is 26.2 Å². The van der Waals surface area contributed by atoms with Crippen LogP contribution in [-0.4, -0.2) is 49.7 Å². The zero-order valence-electron chi connectivity index (χ0n) is 14.4. The van der Waals surface area contributed by atoms with E-state index >= 15 is 0 Å². The fourth-order valence-electron chi connectivity index (χ4n) is 2.78. The van der Waals surface area contributed by atoms with E-state index in [2.05, 4.69) is 0 Å². The van der Waals surface area contributed by atoms with Crippen LogP contribution in [0.4, 0.5) is 4.39 Å². The highest BCUT2D eigenvalue weighted by molar-refractivity contribution is 7.89. The van der Waals surface area contributed by atoms with Gasteiger partial charge in [0.1, 0.15) is 5.82 Å². The highest BCUT2D eigenvalue weighted by Crippen LogP contribution is 2.19. The summed E-state index contributed by atoms with van der Waals surface area (Å²) >= 11 is 5.72. The average Bonchev–Trinajstić information content (AvgIpc) is 2.69. The van der Waals surface area contributed by atoms with Crippen LogP contribution in [0.5, 0.6) is 0 Å². The molecule has 8 heteroatoms. The van der Waals surface area contributed by atoms with Crippen LogP contribution in [-0.2, 0) is 14.8 Å². The molecule has 3 rings (SSSR count). The van der Waals surface area contributed by atoms with E-state index in [-0.39, 0.29) is 28.9 Å². The monoisotopic (exact) mass is 408 g/mol. The first-order valence-electron chi connectivity index (χ1n) is 8.35. The fraction of sp³-hybridized carbons (Fsp3) is 0.211. The smallest absolute Gasteiger partial charge is 0.246 e. The van der Waals surface area contributed by atoms with Gasteiger partial charge in [-0.05, 0) is 35.9 Å². The molecule has 1 aliphatic heterocycles. The van der Waals surface area contributed by atoms with E-state index in [1.807, 2.05) is 0 Å². The van der Waals surface area contributed by atoms with Gasteiger partial charge < -0.3 is 4.90 Å². The molecule has 2 aromatic rings. The van der Waals surface area contributed by atoms with E-state index in [1.54, 1.807) is 41.3 Å². The molecule has 0 spiro atoms. The first-order valence-corrected chi connectivity index (χ1v) is 10.2.